The number of nitrogen functional groups attached to an aromatic ring is 2. The van der Waals surface area contributed by atoms with E-state index in [1.54, 1.807) is 24.3 Å². The monoisotopic (exact) mass is 377 g/mol. The van der Waals surface area contributed by atoms with Crippen LogP contribution in [0.25, 0.3) is 0 Å². The van der Waals surface area contributed by atoms with Crippen molar-refractivity contribution in [2.45, 2.75) is 11.3 Å². The van der Waals surface area contributed by atoms with E-state index in [1.165, 1.54) is 6.07 Å². The van der Waals surface area contributed by atoms with Crippen LogP contribution in [-0.2, 0) is 16.3 Å². The molecule has 2 aromatic carbocycles. The Kier molecular flexibility index (Phi) is 5.51. The molecule has 0 amide bonds. The van der Waals surface area contributed by atoms with Gasteiger partial charge in [0.15, 0.2) is 15.6 Å². The zero-order chi connectivity index (χ0) is 19.5. The Balaban J connectivity index is 2.18. The first-order valence-electron chi connectivity index (χ1n) is 7.52. The number of nitrogens with two attached hydrogens (primary N) is 2. The number of carboxylic acids is 1. The summed E-state index contributed by atoms with van der Waals surface area (Å²) >= 11 is 0. The van der Waals surface area contributed by atoms with Crippen molar-refractivity contribution in [1.29, 1.82) is 5.41 Å². The number of aromatic carboxylic acids is 1. The van der Waals surface area contributed by atoms with Crippen molar-refractivity contribution in [2.24, 2.45) is 5.73 Å². The Hall–Kier alpha value is -3.07. The molecule has 2 aromatic rings. The van der Waals surface area contributed by atoms with Crippen LogP contribution in [0.4, 0.5) is 5.69 Å². The molecule has 0 heterocycles. The van der Waals surface area contributed by atoms with Gasteiger partial charge in [0.25, 0.3) is 0 Å². The van der Waals surface area contributed by atoms with E-state index in [1.807, 2.05) is 0 Å². The maximum atomic E-state index is 11.6. The Morgan fingerprint density at radius 3 is 2.35 bits per heavy atom. The Bertz CT molecular complexity index is 953. The lowest BCUT2D eigenvalue weighted by atomic mass is 10.1. The van der Waals surface area contributed by atoms with Crippen LogP contribution in [0.3, 0.4) is 0 Å². The first-order chi connectivity index (χ1) is 12.1. The third kappa shape index (κ3) is 4.51. The van der Waals surface area contributed by atoms with Gasteiger partial charge in [-0.25, -0.2) is 13.2 Å². The first-order valence-corrected chi connectivity index (χ1v) is 9.41. The van der Waals surface area contributed by atoms with Crippen molar-refractivity contribution < 1.29 is 23.1 Å². The number of sulfone groups is 1. The molecule has 0 fully saturated rings. The van der Waals surface area contributed by atoms with Crippen molar-refractivity contribution in [3.63, 3.8) is 0 Å². The quantitative estimate of drug-likeness (QED) is 0.321. The molecule has 0 spiro atoms. The molecule has 0 aromatic heterocycles. The largest absolute Gasteiger partial charge is 0.490 e. The summed E-state index contributed by atoms with van der Waals surface area (Å²) < 4.78 is 28.8. The lowest BCUT2D eigenvalue weighted by Gasteiger charge is -2.13. The number of anilines is 1. The van der Waals surface area contributed by atoms with Gasteiger partial charge in [-0.05, 0) is 17.7 Å². The van der Waals surface area contributed by atoms with Gasteiger partial charge in [-0.3, -0.25) is 5.41 Å². The number of ether oxygens (including phenoxy) is 1. The number of benzene rings is 2. The molecule has 6 N–H and O–H groups in total. The molecule has 0 aliphatic heterocycles. The van der Waals surface area contributed by atoms with Gasteiger partial charge < -0.3 is 21.3 Å². The van der Waals surface area contributed by atoms with E-state index < -0.39 is 15.8 Å². The number of hydrogen-bond acceptors (Lipinski definition) is 6. The smallest absolute Gasteiger partial charge is 0.339 e. The zero-order valence-corrected chi connectivity index (χ0v) is 14.8. The molecule has 0 atom stereocenters. The molecule has 0 saturated carbocycles. The molecule has 9 heteroatoms. The summed E-state index contributed by atoms with van der Waals surface area (Å²) in [5, 5.41) is 16.7. The third-order valence-corrected chi connectivity index (χ3v) is 4.74. The fraction of sp³-hybridized carbons (Fsp3) is 0.176. The highest BCUT2D eigenvalue weighted by atomic mass is 32.2. The molecule has 0 bridgehead atoms. The maximum absolute atomic E-state index is 11.6. The van der Waals surface area contributed by atoms with Gasteiger partial charge in [0.05, 0.1) is 17.2 Å². The number of rotatable bonds is 7. The predicted molar refractivity (Wildman–Crippen MR) is 97.6 cm³/mol. The normalized spacial score (nSPS) is 11.1. The number of amidine groups is 1. The summed E-state index contributed by atoms with van der Waals surface area (Å²) in [6, 6.07) is 9.19. The van der Waals surface area contributed by atoms with Gasteiger partial charge in [0, 0.05) is 18.2 Å². The van der Waals surface area contributed by atoms with Crippen LogP contribution >= 0.6 is 0 Å². The van der Waals surface area contributed by atoms with Crippen molar-refractivity contribution in [3.05, 3.63) is 53.1 Å². The Morgan fingerprint density at radius 1 is 1.23 bits per heavy atom. The highest BCUT2D eigenvalue weighted by molar-refractivity contribution is 7.90. The minimum Gasteiger partial charge on any atom is -0.490 e. The molecule has 0 aliphatic carbocycles. The molecular formula is C17H19N3O5S. The first kappa shape index (κ1) is 19.3. The summed E-state index contributed by atoms with van der Waals surface area (Å²) in [6.45, 7) is 0.141. The standard InChI is InChI=1S/C17H19N3O5S/c1-26(23,24)12-8-13(17(21)22)15(14(18)9-12)25-7-6-10-2-4-11(5-3-10)16(19)20/h2-5,8-9H,6-7,18H2,1H3,(H3,19,20)(H,21,22). The molecule has 0 radical (unpaired) electrons. The van der Waals surface area contributed by atoms with Crippen LogP contribution < -0.4 is 16.2 Å². The van der Waals surface area contributed by atoms with Crippen LogP contribution in [0, 0.1) is 5.41 Å². The van der Waals surface area contributed by atoms with Crippen molar-refractivity contribution in [1.82, 2.24) is 0 Å². The molecule has 26 heavy (non-hydrogen) atoms. The number of carboxylic acid groups (broad SMARTS) is 1. The van der Waals surface area contributed by atoms with E-state index in [9.17, 15) is 18.3 Å². The van der Waals surface area contributed by atoms with Gasteiger partial charge in [-0.2, -0.15) is 0 Å². The minimum atomic E-state index is -3.60. The molecule has 0 saturated heterocycles. The van der Waals surface area contributed by atoms with Crippen LogP contribution in [0.1, 0.15) is 21.5 Å². The molecule has 8 nitrogen and oxygen atoms in total. The SMILES string of the molecule is CS(=O)(=O)c1cc(N)c(OCCc2ccc(C(=N)N)cc2)c(C(=O)O)c1. The summed E-state index contributed by atoms with van der Waals surface area (Å²) in [4.78, 5) is 11.2. The molecule has 138 valence electrons. The van der Waals surface area contributed by atoms with Gasteiger partial charge in [0.1, 0.15) is 11.4 Å². The van der Waals surface area contributed by atoms with Gasteiger partial charge >= 0.3 is 5.97 Å². The lowest BCUT2D eigenvalue weighted by molar-refractivity contribution is 0.0692. The average Bonchev–Trinajstić information content (AvgIpc) is 2.55. The second kappa shape index (κ2) is 7.44. The maximum Gasteiger partial charge on any atom is 0.339 e. The number of carbonyl (C=O) groups is 1. The van der Waals surface area contributed by atoms with Gasteiger partial charge in [-0.15, -0.1) is 0 Å². The predicted octanol–water partition coefficient (Wildman–Crippen LogP) is 1.28. The Morgan fingerprint density at radius 2 is 1.85 bits per heavy atom. The van der Waals surface area contributed by atoms with E-state index in [0.717, 1.165) is 17.9 Å². The second-order valence-corrected chi connectivity index (χ2v) is 7.69. The summed E-state index contributed by atoms with van der Waals surface area (Å²) in [5.74, 6) is -1.43. The van der Waals surface area contributed by atoms with Gasteiger partial charge in [0.2, 0.25) is 0 Å². The van der Waals surface area contributed by atoms with Gasteiger partial charge in [-0.1, -0.05) is 24.3 Å². The molecule has 0 unspecified atom stereocenters. The van der Waals surface area contributed by atoms with Crippen LogP contribution in [-0.4, -0.2) is 38.2 Å². The fourth-order valence-electron chi connectivity index (χ4n) is 2.28. The van der Waals surface area contributed by atoms with E-state index in [2.05, 4.69) is 0 Å². The molecular weight excluding hydrogens is 358 g/mol. The van der Waals surface area contributed by atoms with Crippen molar-refractivity contribution in [2.75, 3.05) is 18.6 Å². The van der Waals surface area contributed by atoms with E-state index >= 15 is 0 Å². The summed E-state index contributed by atoms with van der Waals surface area (Å²) in [5.41, 5.74) is 12.3. The number of nitrogens with one attached hydrogen (secondary N) is 1. The fourth-order valence-corrected chi connectivity index (χ4v) is 2.95. The van der Waals surface area contributed by atoms with E-state index in [0.29, 0.717) is 12.0 Å². The van der Waals surface area contributed by atoms with Crippen molar-refractivity contribution in [3.8, 4) is 5.75 Å². The Labute approximate surface area is 150 Å². The van der Waals surface area contributed by atoms with Crippen LogP contribution in [0.2, 0.25) is 0 Å². The highest BCUT2D eigenvalue weighted by Gasteiger charge is 2.20. The lowest BCUT2D eigenvalue weighted by Crippen LogP contribution is -2.12. The topological polar surface area (TPSA) is 157 Å². The minimum absolute atomic E-state index is 0.0300. The van der Waals surface area contributed by atoms with E-state index in [4.69, 9.17) is 21.6 Å². The zero-order valence-electron chi connectivity index (χ0n) is 14.0. The van der Waals surface area contributed by atoms with Crippen LogP contribution in [0.5, 0.6) is 5.75 Å². The number of hydrogen-bond donors (Lipinski definition) is 4. The van der Waals surface area contributed by atoms with Crippen LogP contribution in [0.15, 0.2) is 41.3 Å². The third-order valence-electron chi connectivity index (χ3n) is 3.65. The van der Waals surface area contributed by atoms with Crippen molar-refractivity contribution >= 4 is 27.3 Å². The summed E-state index contributed by atoms with van der Waals surface area (Å²) in [6.07, 6.45) is 1.43. The average molecular weight is 377 g/mol. The second-order valence-electron chi connectivity index (χ2n) is 5.68. The van der Waals surface area contributed by atoms with E-state index in [-0.39, 0.29) is 34.3 Å². The summed E-state index contributed by atoms with van der Waals surface area (Å²) in [7, 11) is -3.60. The molecule has 0 aliphatic rings. The molecule has 2 rings (SSSR count). The highest BCUT2D eigenvalue weighted by Crippen LogP contribution is 2.30.